The van der Waals surface area contributed by atoms with Gasteiger partial charge in [-0.25, -0.2) is 4.98 Å². The summed E-state index contributed by atoms with van der Waals surface area (Å²) in [6.45, 7) is 2.43. The molecule has 4 rings (SSSR count). The lowest BCUT2D eigenvalue weighted by Crippen LogP contribution is -2.40. The highest BCUT2D eigenvalue weighted by molar-refractivity contribution is 9.10. The second-order valence-corrected chi connectivity index (χ2v) is 6.99. The summed E-state index contributed by atoms with van der Waals surface area (Å²) in [4.78, 5) is 11.8. The fraction of sp³-hybridized carbons (Fsp3) is 0.500. The molecule has 0 bridgehead atoms. The van der Waals surface area contributed by atoms with Gasteiger partial charge in [-0.2, -0.15) is 0 Å². The molecule has 1 aliphatic heterocycles. The van der Waals surface area contributed by atoms with E-state index in [4.69, 9.17) is 0 Å². The summed E-state index contributed by atoms with van der Waals surface area (Å²) in [5.41, 5.74) is 1.87. The number of halogens is 1. The van der Waals surface area contributed by atoms with E-state index in [1.54, 1.807) is 0 Å². The zero-order valence-corrected chi connectivity index (χ0v) is 13.5. The summed E-state index contributed by atoms with van der Waals surface area (Å²) >= 11 is 3.49. The maximum Gasteiger partial charge on any atom is 0.145 e. The first kappa shape index (κ1) is 13.5. The minimum absolute atomic E-state index is 0.527. The molecule has 21 heavy (non-hydrogen) atoms. The lowest BCUT2D eigenvalue weighted by molar-refractivity contribution is 0.210. The Kier molecular flexibility index (Phi) is 3.55. The number of hydrogen-bond donors (Lipinski definition) is 1. The van der Waals surface area contributed by atoms with Crippen LogP contribution in [0.2, 0.25) is 0 Å². The second-order valence-electron chi connectivity index (χ2n) is 6.07. The van der Waals surface area contributed by atoms with Crippen LogP contribution in [0.25, 0.3) is 11.0 Å². The lowest BCUT2D eigenvalue weighted by Gasteiger charge is -2.32. The van der Waals surface area contributed by atoms with E-state index < -0.39 is 0 Å². The van der Waals surface area contributed by atoms with Gasteiger partial charge in [-0.1, -0.05) is 15.9 Å². The predicted molar refractivity (Wildman–Crippen MR) is 88.5 cm³/mol. The number of anilines is 1. The molecular formula is C16H19BrN4. The highest BCUT2D eigenvalue weighted by atomic mass is 79.9. The average molecular weight is 347 g/mol. The molecule has 5 heteroatoms. The number of nitrogens with zero attached hydrogens (tertiary/aromatic N) is 3. The molecule has 0 unspecified atom stereocenters. The van der Waals surface area contributed by atoms with E-state index in [0.717, 1.165) is 27.4 Å². The van der Waals surface area contributed by atoms with Gasteiger partial charge in [0.05, 0.1) is 17.2 Å². The van der Waals surface area contributed by atoms with Crippen molar-refractivity contribution in [3.8, 4) is 0 Å². The first-order valence-corrected chi connectivity index (χ1v) is 8.50. The van der Waals surface area contributed by atoms with E-state index in [-0.39, 0.29) is 0 Å². The van der Waals surface area contributed by atoms with Gasteiger partial charge in [0.25, 0.3) is 0 Å². The van der Waals surface area contributed by atoms with E-state index >= 15 is 0 Å². The van der Waals surface area contributed by atoms with E-state index in [9.17, 15) is 0 Å². The first-order chi connectivity index (χ1) is 10.3. The number of likely N-dealkylation sites (tertiary alicyclic amines) is 1. The molecule has 1 saturated heterocycles. The van der Waals surface area contributed by atoms with Crippen molar-refractivity contribution >= 4 is 32.8 Å². The summed E-state index contributed by atoms with van der Waals surface area (Å²) < 4.78 is 1.04. The van der Waals surface area contributed by atoms with Crippen LogP contribution in [0.1, 0.15) is 25.7 Å². The van der Waals surface area contributed by atoms with Crippen molar-refractivity contribution in [1.82, 2.24) is 14.9 Å². The smallest absolute Gasteiger partial charge is 0.145 e. The summed E-state index contributed by atoms with van der Waals surface area (Å²) in [7, 11) is 0. The van der Waals surface area contributed by atoms with Crippen molar-refractivity contribution in [3.05, 3.63) is 28.9 Å². The number of nitrogens with one attached hydrogen (secondary N) is 1. The number of piperidine rings is 1. The predicted octanol–water partition coefficient (Wildman–Crippen LogP) is 3.43. The van der Waals surface area contributed by atoms with Gasteiger partial charge in [0.2, 0.25) is 0 Å². The van der Waals surface area contributed by atoms with Gasteiger partial charge >= 0.3 is 0 Å². The molecule has 2 aliphatic rings. The van der Waals surface area contributed by atoms with Crippen molar-refractivity contribution in [2.45, 2.75) is 37.8 Å². The molecule has 2 heterocycles. The van der Waals surface area contributed by atoms with Crippen LogP contribution in [-0.4, -0.2) is 40.0 Å². The van der Waals surface area contributed by atoms with Crippen LogP contribution in [0.15, 0.2) is 28.9 Å². The maximum absolute atomic E-state index is 4.68. The Labute approximate surface area is 133 Å². The molecule has 0 radical (unpaired) electrons. The molecule has 0 amide bonds. The third kappa shape index (κ3) is 3.04. The van der Waals surface area contributed by atoms with Crippen molar-refractivity contribution < 1.29 is 0 Å². The Bertz CT molecular complexity index is 648. The number of benzene rings is 1. The summed E-state index contributed by atoms with van der Waals surface area (Å²) in [5, 5.41) is 3.56. The summed E-state index contributed by atoms with van der Waals surface area (Å²) in [6.07, 6.45) is 7.07. The van der Waals surface area contributed by atoms with Crippen LogP contribution in [0.5, 0.6) is 0 Å². The maximum atomic E-state index is 4.68. The SMILES string of the molecule is Brc1ccc2ncc(NC3CCN(C4CC4)CC3)nc2c1. The van der Waals surface area contributed by atoms with E-state index in [2.05, 4.69) is 36.1 Å². The van der Waals surface area contributed by atoms with Crippen LogP contribution in [-0.2, 0) is 0 Å². The van der Waals surface area contributed by atoms with Gasteiger partial charge in [0.15, 0.2) is 0 Å². The molecule has 0 atom stereocenters. The van der Waals surface area contributed by atoms with Crippen molar-refractivity contribution in [2.75, 3.05) is 18.4 Å². The molecule has 1 aliphatic carbocycles. The fourth-order valence-electron chi connectivity index (χ4n) is 3.11. The molecule has 1 aromatic heterocycles. The Hall–Kier alpha value is -1.20. The third-order valence-electron chi connectivity index (χ3n) is 4.45. The van der Waals surface area contributed by atoms with Gasteiger partial charge in [0, 0.05) is 29.6 Å². The molecular weight excluding hydrogens is 328 g/mol. The molecule has 4 nitrogen and oxygen atoms in total. The number of rotatable bonds is 3. The molecule has 0 spiro atoms. The molecule has 1 saturated carbocycles. The topological polar surface area (TPSA) is 41.1 Å². The second kappa shape index (κ2) is 5.54. The van der Waals surface area contributed by atoms with Crippen LogP contribution in [0.4, 0.5) is 5.82 Å². The Morgan fingerprint density at radius 3 is 2.67 bits per heavy atom. The normalized spacial score (nSPS) is 20.8. The third-order valence-corrected chi connectivity index (χ3v) is 4.94. The van der Waals surface area contributed by atoms with Crippen LogP contribution in [0, 0.1) is 0 Å². The monoisotopic (exact) mass is 346 g/mol. The van der Waals surface area contributed by atoms with Gasteiger partial charge in [0.1, 0.15) is 5.82 Å². The van der Waals surface area contributed by atoms with Gasteiger partial charge in [-0.15, -0.1) is 0 Å². The molecule has 110 valence electrons. The van der Waals surface area contributed by atoms with Crippen molar-refractivity contribution in [2.24, 2.45) is 0 Å². The van der Waals surface area contributed by atoms with Gasteiger partial charge in [-0.3, -0.25) is 4.98 Å². The largest absolute Gasteiger partial charge is 0.366 e. The first-order valence-electron chi connectivity index (χ1n) is 7.71. The highest BCUT2D eigenvalue weighted by Crippen LogP contribution is 2.29. The summed E-state index contributed by atoms with van der Waals surface area (Å²) in [6, 6.07) is 7.42. The summed E-state index contributed by atoms with van der Waals surface area (Å²) in [5.74, 6) is 0.894. The zero-order valence-electron chi connectivity index (χ0n) is 11.9. The Balaban J connectivity index is 1.44. The van der Waals surface area contributed by atoms with E-state index in [1.807, 2.05) is 24.4 Å². The van der Waals surface area contributed by atoms with Crippen molar-refractivity contribution in [3.63, 3.8) is 0 Å². The minimum Gasteiger partial charge on any atom is -0.366 e. The standard InChI is InChI=1S/C16H19BrN4/c17-11-1-4-14-15(9-11)20-16(10-18-14)19-12-5-7-21(8-6-12)13-2-3-13/h1,4,9-10,12-13H,2-3,5-8H2,(H,19,20). The number of fused-ring (bicyclic) bond motifs is 1. The fourth-order valence-corrected chi connectivity index (χ4v) is 3.46. The van der Waals surface area contributed by atoms with Gasteiger partial charge in [-0.05, 0) is 43.9 Å². The molecule has 2 fully saturated rings. The van der Waals surface area contributed by atoms with Crippen molar-refractivity contribution in [1.29, 1.82) is 0 Å². The number of aromatic nitrogens is 2. The van der Waals surface area contributed by atoms with Gasteiger partial charge < -0.3 is 10.2 Å². The quantitative estimate of drug-likeness (QED) is 0.924. The lowest BCUT2D eigenvalue weighted by atomic mass is 10.1. The van der Waals surface area contributed by atoms with E-state index in [0.29, 0.717) is 6.04 Å². The zero-order chi connectivity index (χ0) is 14.2. The number of hydrogen-bond acceptors (Lipinski definition) is 4. The van der Waals surface area contributed by atoms with Crippen LogP contribution in [0.3, 0.4) is 0 Å². The Morgan fingerprint density at radius 2 is 1.90 bits per heavy atom. The average Bonchev–Trinajstić information content (AvgIpc) is 3.32. The van der Waals surface area contributed by atoms with Crippen LogP contribution >= 0.6 is 15.9 Å². The van der Waals surface area contributed by atoms with Crippen LogP contribution < -0.4 is 5.32 Å². The van der Waals surface area contributed by atoms with E-state index in [1.165, 1.54) is 38.8 Å². The molecule has 2 aromatic rings. The molecule has 1 aromatic carbocycles. The minimum atomic E-state index is 0.527. The molecule has 1 N–H and O–H groups in total. The highest BCUT2D eigenvalue weighted by Gasteiger charge is 2.31. The Morgan fingerprint density at radius 1 is 1.10 bits per heavy atom.